The Labute approximate surface area is 148 Å². The average Bonchev–Trinajstić information content (AvgIpc) is 3.20. The highest BCUT2D eigenvalue weighted by Crippen LogP contribution is 2.39. The number of sulfonamides is 1. The Morgan fingerprint density at radius 1 is 1.08 bits per heavy atom. The van der Waals surface area contributed by atoms with Gasteiger partial charge in [-0.05, 0) is 39.5 Å². The molecule has 0 spiro atoms. The first-order valence-corrected chi connectivity index (χ1v) is 10.3. The molecule has 136 valence electrons. The van der Waals surface area contributed by atoms with Crippen LogP contribution < -0.4 is 0 Å². The zero-order chi connectivity index (χ0) is 17.8. The van der Waals surface area contributed by atoms with Crippen molar-refractivity contribution >= 4 is 10.0 Å². The number of nitrogens with zero attached hydrogens (tertiary/aromatic N) is 4. The Balaban J connectivity index is 1.78. The monoisotopic (exact) mass is 364 g/mol. The van der Waals surface area contributed by atoms with E-state index in [1.54, 1.807) is 4.31 Å². The highest BCUT2D eigenvalue weighted by Gasteiger charge is 2.35. The van der Waals surface area contributed by atoms with Gasteiger partial charge < -0.3 is 8.98 Å². The molecule has 1 aliphatic carbocycles. The van der Waals surface area contributed by atoms with Crippen molar-refractivity contribution < 1.29 is 12.8 Å². The lowest BCUT2D eigenvalue weighted by atomic mass is 9.85. The molecule has 7 nitrogen and oxygen atoms in total. The van der Waals surface area contributed by atoms with Gasteiger partial charge in [-0.2, -0.15) is 4.31 Å². The van der Waals surface area contributed by atoms with E-state index < -0.39 is 10.0 Å². The molecule has 0 amide bonds. The molecule has 0 radical (unpaired) electrons. The van der Waals surface area contributed by atoms with Gasteiger partial charge in [0.05, 0.1) is 0 Å². The summed E-state index contributed by atoms with van der Waals surface area (Å²) < 4.78 is 35.5. The van der Waals surface area contributed by atoms with Crippen molar-refractivity contribution in [2.75, 3.05) is 13.1 Å². The second kappa shape index (κ2) is 5.95. The smallest absolute Gasteiger partial charge is 0.264 e. The van der Waals surface area contributed by atoms with Crippen molar-refractivity contribution in [1.82, 2.24) is 19.1 Å². The molecule has 2 aromatic rings. The molecule has 0 atom stereocenters. The molecule has 0 N–H and O–H groups in total. The summed E-state index contributed by atoms with van der Waals surface area (Å²) in [5.74, 6) is 1.44. The summed E-state index contributed by atoms with van der Waals surface area (Å²) in [6.45, 7) is 4.86. The fourth-order valence-electron chi connectivity index (χ4n) is 3.84. The van der Waals surface area contributed by atoms with Crippen molar-refractivity contribution in [2.24, 2.45) is 7.05 Å². The predicted molar refractivity (Wildman–Crippen MR) is 92.8 cm³/mol. The van der Waals surface area contributed by atoms with Gasteiger partial charge in [0.15, 0.2) is 0 Å². The number of hydrogen-bond acceptors (Lipinski definition) is 5. The topological polar surface area (TPSA) is 81.2 Å². The summed E-state index contributed by atoms with van der Waals surface area (Å²) >= 11 is 0. The molecule has 2 fully saturated rings. The molecule has 0 unspecified atom stereocenters. The van der Waals surface area contributed by atoms with Crippen molar-refractivity contribution in [1.29, 1.82) is 0 Å². The molecular weight excluding hydrogens is 340 g/mol. The standard InChI is InChI=1S/C17H24N4O3S/c1-11-14(17-19-18-16(24-17)13-7-6-8-13)20(3)12(2)15(11)25(22,23)21-9-4-5-10-21/h13H,4-10H2,1-3H3. The Bertz CT molecular complexity index is 903. The molecular formula is C17H24N4O3S. The minimum Gasteiger partial charge on any atom is -0.419 e. The molecule has 8 heteroatoms. The van der Waals surface area contributed by atoms with E-state index in [1.165, 1.54) is 6.42 Å². The summed E-state index contributed by atoms with van der Waals surface area (Å²) in [6, 6.07) is 0. The molecule has 2 aliphatic rings. The van der Waals surface area contributed by atoms with Gasteiger partial charge in [0, 0.05) is 37.3 Å². The second-order valence-electron chi connectivity index (χ2n) is 7.13. The van der Waals surface area contributed by atoms with Crippen molar-refractivity contribution in [2.45, 2.75) is 56.8 Å². The quantitative estimate of drug-likeness (QED) is 0.833. The van der Waals surface area contributed by atoms with Crippen LogP contribution in [0, 0.1) is 13.8 Å². The van der Waals surface area contributed by atoms with Crippen molar-refractivity contribution in [3.8, 4) is 11.6 Å². The zero-order valence-corrected chi connectivity index (χ0v) is 15.8. The maximum absolute atomic E-state index is 13.1. The van der Waals surface area contributed by atoms with Crippen LogP contribution in [0.1, 0.15) is 55.2 Å². The molecule has 4 rings (SSSR count). The first kappa shape index (κ1) is 16.8. The van der Waals surface area contributed by atoms with Crippen LogP contribution in [0.2, 0.25) is 0 Å². The Kier molecular flexibility index (Phi) is 3.99. The maximum Gasteiger partial charge on any atom is 0.264 e. The van der Waals surface area contributed by atoms with Gasteiger partial charge in [-0.25, -0.2) is 8.42 Å². The van der Waals surface area contributed by atoms with Crippen LogP contribution >= 0.6 is 0 Å². The lowest BCUT2D eigenvalue weighted by Crippen LogP contribution is -2.28. The van der Waals surface area contributed by atoms with Crippen LogP contribution in [0.25, 0.3) is 11.6 Å². The molecule has 2 aromatic heterocycles. The predicted octanol–water partition coefficient (Wildman–Crippen LogP) is 2.74. The Hall–Kier alpha value is -1.67. The normalized spacial score (nSPS) is 19.5. The Morgan fingerprint density at radius 2 is 1.76 bits per heavy atom. The van der Waals surface area contributed by atoms with Crippen LogP contribution in [0.15, 0.2) is 9.31 Å². The summed E-state index contributed by atoms with van der Waals surface area (Å²) in [7, 11) is -1.64. The van der Waals surface area contributed by atoms with E-state index in [2.05, 4.69) is 10.2 Å². The van der Waals surface area contributed by atoms with Crippen LogP contribution in [-0.2, 0) is 17.1 Å². The highest BCUT2D eigenvalue weighted by atomic mass is 32.2. The van der Waals surface area contributed by atoms with E-state index >= 15 is 0 Å². The lowest BCUT2D eigenvalue weighted by Gasteiger charge is -2.20. The molecule has 0 aromatic carbocycles. The molecule has 1 saturated heterocycles. The fourth-order valence-corrected chi connectivity index (χ4v) is 5.83. The van der Waals surface area contributed by atoms with Gasteiger partial charge in [-0.3, -0.25) is 0 Å². The Morgan fingerprint density at radius 3 is 2.36 bits per heavy atom. The third-order valence-corrected chi connectivity index (χ3v) is 7.79. The van der Waals surface area contributed by atoms with E-state index in [9.17, 15) is 8.42 Å². The molecule has 3 heterocycles. The second-order valence-corrected chi connectivity index (χ2v) is 9.01. The van der Waals surface area contributed by atoms with Crippen LogP contribution in [-0.4, -0.2) is 40.6 Å². The molecule has 1 aliphatic heterocycles. The average molecular weight is 364 g/mol. The number of aromatic nitrogens is 3. The van der Waals surface area contributed by atoms with Gasteiger partial charge in [-0.15, -0.1) is 10.2 Å². The van der Waals surface area contributed by atoms with Crippen molar-refractivity contribution in [3.63, 3.8) is 0 Å². The number of rotatable bonds is 4. The van der Waals surface area contributed by atoms with Crippen LogP contribution in [0.5, 0.6) is 0 Å². The minimum absolute atomic E-state index is 0.357. The number of hydrogen-bond donors (Lipinski definition) is 0. The fraction of sp³-hybridized carbons (Fsp3) is 0.647. The zero-order valence-electron chi connectivity index (χ0n) is 14.9. The van der Waals surface area contributed by atoms with Gasteiger partial charge >= 0.3 is 0 Å². The van der Waals surface area contributed by atoms with Gasteiger partial charge in [0.2, 0.25) is 15.9 Å². The first-order chi connectivity index (χ1) is 11.9. The SMILES string of the molecule is Cc1c(S(=O)(=O)N2CCCC2)c(C)n(C)c1-c1nnc(C2CCC2)o1. The van der Waals surface area contributed by atoms with Gasteiger partial charge in [0.25, 0.3) is 5.89 Å². The van der Waals surface area contributed by atoms with Gasteiger partial charge in [-0.1, -0.05) is 6.42 Å². The molecule has 1 saturated carbocycles. The van der Waals surface area contributed by atoms with E-state index in [-0.39, 0.29) is 0 Å². The summed E-state index contributed by atoms with van der Waals surface area (Å²) in [5, 5.41) is 8.38. The van der Waals surface area contributed by atoms with E-state index in [0.717, 1.165) is 25.7 Å². The molecule has 0 bridgehead atoms. The van der Waals surface area contributed by atoms with Crippen LogP contribution in [0.4, 0.5) is 0 Å². The lowest BCUT2D eigenvalue weighted by molar-refractivity contribution is 0.337. The summed E-state index contributed by atoms with van der Waals surface area (Å²) in [6.07, 6.45) is 5.21. The summed E-state index contributed by atoms with van der Waals surface area (Å²) in [5.41, 5.74) is 2.10. The van der Waals surface area contributed by atoms with E-state index in [1.807, 2.05) is 25.5 Å². The van der Waals surface area contributed by atoms with Crippen molar-refractivity contribution in [3.05, 3.63) is 17.1 Å². The molecule has 25 heavy (non-hydrogen) atoms. The third kappa shape index (κ3) is 2.54. The highest BCUT2D eigenvalue weighted by molar-refractivity contribution is 7.89. The van der Waals surface area contributed by atoms with E-state index in [4.69, 9.17) is 4.42 Å². The van der Waals surface area contributed by atoms with Gasteiger partial charge in [0.1, 0.15) is 10.6 Å². The van der Waals surface area contributed by atoms with E-state index in [0.29, 0.717) is 52.6 Å². The largest absolute Gasteiger partial charge is 0.419 e. The maximum atomic E-state index is 13.1. The third-order valence-electron chi connectivity index (χ3n) is 5.62. The summed E-state index contributed by atoms with van der Waals surface area (Å²) in [4.78, 5) is 0.385. The first-order valence-electron chi connectivity index (χ1n) is 8.91. The van der Waals surface area contributed by atoms with Crippen LogP contribution in [0.3, 0.4) is 0 Å². The minimum atomic E-state index is -3.49.